The second-order valence-corrected chi connectivity index (χ2v) is 6.59. The molecule has 0 aliphatic heterocycles. The molecule has 0 aromatic rings. The van der Waals surface area contributed by atoms with Gasteiger partial charge in [0, 0.05) is 0 Å². The van der Waals surface area contributed by atoms with Crippen LogP contribution in [0.25, 0.3) is 0 Å². The molecular formula is C20H42O10Ti. The number of hydrogen-bond donors (Lipinski definition) is 2. The molecule has 2 unspecified atom stereocenters. The topological polar surface area (TPSA) is 185 Å². The zero-order chi connectivity index (χ0) is 25.4. The van der Waals surface area contributed by atoms with Gasteiger partial charge in [-0.1, -0.05) is 55.4 Å². The number of aliphatic hydroxyl groups is 2. The number of carbonyl (C=O) groups excluding carboxylic acids is 2. The van der Waals surface area contributed by atoms with Crippen LogP contribution in [-0.4, -0.2) is 72.0 Å². The van der Waals surface area contributed by atoms with Crippen LogP contribution < -0.4 is 20.4 Å². The van der Waals surface area contributed by atoms with Crippen LogP contribution in [0.15, 0.2) is 0 Å². The summed E-state index contributed by atoms with van der Waals surface area (Å²) in [6.45, 7) is 16.1. The summed E-state index contributed by atoms with van der Waals surface area (Å²) < 4.78 is 8.79. The van der Waals surface area contributed by atoms with Gasteiger partial charge in [0.05, 0.1) is 13.2 Å². The SMILES string of the molecule is CC(C)[O-].CC(C)[O-].CC(C)[O-].CC(C)[O-].CCOC(=O)C(O)C(O)C(=O)OCC.[Ti+4]. The molecule has 0 radical (unpaired) electrons. The molecule has 0 aromatic carbocycles. The summed E-state index contributed by atoms with van der Waals surface area (Å²) in [5.41, 5.74) is 0. The minimum Gasteiger partial charge on any atom is -0.852 e. The zero-order valence-corrected chi connectivity index (χ0v) is 22.1. The van der Waals surface area contributed by atoms with Crippen LogP contribution in [0, 0.1) is 0 Å². The number of rotatable bonds is 5. The van der Waals surface area contributed by atoms with Gasteiger partial charge in [-0.25, -0.2) is 9.59 Å². The van der Waals surface area contributed by atoms with Crippen molar-refractivity contribution in [2.45, 2.75) is 106 Å². The summed E-state index contributed by atoms with van der Waals surface area (Å²) >= 11 is 0. The Labute approximate surface area is 202 Å². The Hall–Kier alpha value is -0.586. The maximum absolute atomic E-state index is 10.9. The van der Waals surface area contributed by atoms with Crippen molar-refractivity contribution < 1.29 is 71.4 Å². The number of aliphatic hydroxyl groups excluding tert-OH is 2. The maximum Gasteiger partial charge on any atom is 4.00 e. The summed E-state index contributed by atoms with van der Waals surface area (Å²) in [7, 11) is 0. The number of esters is 2. The van der Waals surface area contributed by atoms with Crippen LogP contribution in [0.4, 0.5) is 0 Å². The molecule has 0 rings (SSSR count). The number of ether oxygens (including phenoxy) is 2. The zero-order valence-electron chi connectivity index (χ0n) is 20.5. The molecule has 0 aliphatic carbocycles. The molecule has 0 saturated heterocycles. The van der Waals surface area contributed by atoms with E-state index in [1.807, 2.05) is 0 Å². The fraction of sp³-hybridized carbons (Fsp3) is 0.900. The molecule has 0 fully saturated rings. The van der Waals surface area contributed by atoms with E-state index in [1.165, 1.54) is 0 Å². The number of hydrogen-bond acceptors (Lipinski definition) is 10. The molecule has 0 aliphatic rings. The Balaban J connectivity index is -0.0000000756. The average Bonchev–Trinajstić information content (AvgIpc) is 2.51. The smallest absolute Gasteiger partial charge is 0.852 e. The maximum atomic E-state index is 10.9. The van der Waals surface area contributed by atoms with Gasteiger partial charge < -0.3 is 40.1 Å². The van der Waals surface area contributed by atoms with E-state index >= 15 is 0 Å². The van der Waals surface area contributed by atoms with Crippen LogP contribution >= 0.6 is 0 Å². The van der Waals surface area contributed by atoms with Gasteiger partial charge in [-0.3, -0.25) is 0 Å². The number of carbonyl (C=O) groups is 2. The van der Waals surface area contributed by atoms with Crippen molar-refractivity contribution in [3.8, 4) is 0 Å². The Morgan fingerprint density at radius 1 is 0.613 bits per heavy atom. The van der Waals surface area contributed by atoms with E-state index in [9.17, 15) is 30.0 Å². The van der Waals surface area contributed by atoms with Crippen molar-refractivity contribution in [2.24, 2.45) is 0 Å². The van der Waals surface area contributed by atoms with E-state index in [1.54, 1.807) is 69.2 Å². The van der Waals surface area contributed by atoms with E-state index in [2.05, 4.69) is 9.47 Å². The van der Waals surface area contributed by atoms with Gasteiger partial charge in [-0.05, 0) is 13.8 Å². The molecule has 0 amide bonds. The summed E-state index contributed by atoms with van der Waals surface area (Å²) in [6, 6.07) is 0. The molecule has 0 bridgehead atoms. The van der Waals surface area contributed by atoms with Gasteiger partial charge in [-0.2, -0.15) is 0 Å². The van der Waals surface area contributed by atoms with E-state index in [0.717, 1.165) is 0 Å². The fourth-order valence-corrected chi connectivity index (χ4v) is 0.713. The third kappa shape index (κ3) is 72.9. The van der Waals surface area contributed by atoms with E-state index in [-0.39, 0.29) is 34.9 Å². The second kappa shape index (κ2) is 31.6. The molecule has 186 valence electrons. The first kappa shape index (κ1) is 44.1. The molecule has 11 heteroatoms. The van der Waals surface area contributed by atoms with Crippen molar-refractivity contribution >= 4 is 11.9 Å². The van der Waals surface area contributed by atoms with Gasteiger partial charge in [-0.15, -0.1) is 24.4 Å². The molecule has 0 aromatic heterocycles. The monoisotopic (exact) mass is 490 g/mol. The minimum atomic E-state index is -1.89. The first-order chi connectivity index (χ1) is 13.5. The predicted octanol–water partition coefficient (Wildman–Crippen LogP) is -2.15. The van der Waals surface area contributed by atoms with E-state index < -0.39 is 48.6 Å². The standard InChI is InChI=1S/C8H14O6.4C3H7O.Ti/c1-3-13-7(11)5(9)6(10)8(12)14-4-2;4*1-3(2)4;/h5-6,9-10H,3-4H2,1-2H3;4*3H,1-2H3;/q;4*-1;+4. The largest absolute Gasteiger partial charge is 4.00 e. The molecule has 0 saturated carbocycles. The van der Waals surface area contributed by atoms with Crippen LogP contribution in [-0.2, 0) is 40.8 Å². The molecule has 10 nitrogen and oxygen atoms in total. The van der Waals surface area contributed by atoms with Crippen molar-refractivity contribution in [3.63, 3.8) is 0 Å². The minimum absolute atomic E-state index is 0. The summed E-state index contributed by atoms with van der Waals surface area (Å²) in [5, 5.41) is 56.3. The average molecular weight is 490 g/mol. The third-order valence-corrected chi connectivity index (χ3v) is 1.36. The molecular weight excluding hydrogens is 448 g/mol. The van der Waals surface area contributed by atoms with Gasteiger partial charge in [0.25, 0.3) is 0 Å². The Kier molecular flexibility index (Phi) is 45.0. The predicted molar refractivity (Wildman–Crippen MR) is 106 cm³/mol. The summed E-state index contributed by atoms with van der Waals surface area (Å²) in [5.74, 6) is -2.10. The van der Waals surface area contributed by atoms with Crippen LogP contribution in [0.2, 0.25) is 0 Å². The molecule has 2 N–H and O–H groups in total. The van der Waals surface area contributed by atoms with Gasteiger partial charge in [0.15, 0.2) is 12.2 Å². The summed E-state index contributed by atoms with van der Waals surface area (Å²) in [6.07, 6.45) is -5.46. The fourth-order valence-electron chi connectivity index (χ4n) is 0.713. The van der Waals surface area contributed by atoms with Crippen LogP contribution in [0.5, 0.6) is 0 Å². The quantitative estimate of drug-likeness (QED) is 0.318. The Morgan fingerprint density at radius 3 is 0.839 bits per heavy atom. The third-order valence-electron chi connectivity index (χ3n) is 1.36. The van der Waals surface area contributed by atoms with Crippen molar-refractivity contribution in [1.82, 2.24) is 0 Å². The normalized spacial score (nSPS) is 11.1. The molecule has 0 heterocycles. The van der Waals surface area contributed by atoms with Crippen LogP contribution in [0.3, 0.4) is 0 Å². The van der Waals surface area contributed by atoms with Gasteiger partial charge in [0.2, 0.25) is 0 Å². The molecule has 0 spiro atoms. The van der Waals surface area contributed by atoms with Crippen molar-refractivity contribution in [2.75, 3.05) is 13.2 Å². The Bertz CT molecular complexity index is 307. The molecule has 31 heavy (non-hydrogen) atoms. The van der Waals surface area contributed by atoms with Gasteiger partial charge in [0.1, 0.15) is 0 Å². The molecule has 2 atom stereocenters. The second-order valence-electron chi connectivity index (χ2n) is 6.59. The first-order valence-corrected chi connectivity index (χ1v) is 9.80. The van der Waals surface area contributed by atoms with Crippen molar-refractivity contribution in [1.29, 1.82) is 0 Å². The summed E-state index contributed by atoms with van der Waals surface area (Å²) in [4.78, 5) is 21.7. The van der Waals surface area contributed by atoms with E-state index in [4.69, 9.17) is 10.2 Å². The van der Waals surface area contributed by atoms with Gasteiger partial charge >= 0.3 is 33.7 Å². The van der Waals surface area contributed by atoms with Crippen molar-refractivity contribution in [3.05, 3.63) is 0 Å². The Morgan fingerprint density at radius 2 is 0.742 bits per heavy atom. The first-order valence-electron chi connectivity index (χ1n) is 9.80. The van der Waals surface area contributed by atoms with Crippen LogP contribution in [0.1, 0.15) is 69.2 Å². The van der Waals surface area contributed by atoms with E-state index in [0.29, 0.717) is 0 Å².